The molecule has 0 saturated heterocycles. The van der Waals surface area contributed by atoms with Gasteiger partial charge in [-0.15, -0.1) is 0 Å². The molecule has 0 heterocycles. The number of benzene rings is 1. The Morgan fingerprint density at radius 3 is 2.41 bits per heavy atom. The van der Waals surface area contributed by atoms with Gasteiger partial charge in [0.2, 0.25) is 11.8 Å². The summed E-state index contributed by atoms with van der Waals surface area (Å²) in [6, 6.07) is 7.71. The molecule has 0 bridgehead atoms. The second-order valence-corrected chi connectivity index (χ2v) is 6.37. The maximum absolute atomic E-state index is 12.1. The molecule has 0 spiro atoms. The Bertz CT molecular complexity index is 524. The number of hydrogen-bond acceptors (Lipinski definition) is 2. The van der Waals surface area contributed by atoms with Crippen molar-refractivity contribution in [2.75, 3.05) is 6.54 Å². The molecule has 1 aromatic rings. The number of amides is 2. The van der Waals surface area contributed by atoms with Gasteiger partial charge in [-0.2, -0.15) is 0 Å². The number of rotatable bonds is 8. The molecule has 0 atom stereocenters. The molecule has 5 heteroatoms. The van der Waals surface area contributed by atoms with Crippen molar-refractivity contribution in [2.24, 2.45) is 0 Å². The van der Waals surface area contributed by atoms with Crippen LogP contribution in [-0.2, 0) is 15.1 Å². The van der Waals surface area contributed by atoms with Gasteiger partial charge in [-0.05, 0) is 43.4 Å². The van der Waals surface area contributed by atoms with E-state index in [4.69, 9.17) is 11.6 Å². The van der Waals surface area contributed by atoms with E-state index in [1.165, 1.54) is 6.92 Å². The van der Waals surface area contributed by atoms with Crippen LogP contribution in [0.15, 0.2) is 24.3 Å². The summed E-state index contributed by atoms with van der Waals surface area (Å²) in [7, 11) is 0. The van der Waals surface area contributed by atoms with Gasteiger partial charge in [0.1, 0.15) is 0 Å². The van der Waals surface area contributed by atoms with Gasteiger partial charge >= 0.3 is 0 Å². The van der Waals surface area contributed by atoms with Crippen LogP contribution in [0, 0.1) is 0 Å². The van der Waals surface area contributed by atoms with Crippen LogP contribution in [0.25, 0.3) is 0 Å². The molecular weight excluding hydrogens is 300 g/mol. The molecule has 1 fully saturated rings. The van der Waals surface area contributed by atoms with Crippen molar-refractivity contribution in [1.29, 1.82) is 0 Å². The molecule has 1 aliphatic carbocycles. The van der Waals surface area contributed by atoms with E-state index in [2.05, 4.69) is 10.6 Å². The fraction of sp³-hybridized carbons (Fsp3) is 0.529. The monoisotopic (exact) mass is 322 g/mol. The minimum absolute atomic E-state index is 0.00335. The lowest BCUT2D eigenvalue weighted by Gasteiger charge is -2.18. The molecule has 2 amide bonds. The molecular formula is C17H23ClN2O2. The molecule has 0 unspecified atom stereocenters. The van der Waals surface area contributed by atoms with Gasteiger partial charge in [0.05, 0.1) is 5.54 Å². The van der Waals surface area contributed by atoms with E-state index >= 15 is 0 Å². The first-order chi connectivity index (χ1) is 10.5. The molecule has 0 aliphatic heterocycles. The van der Waals surface area contributed by atoms with Gasteiger partial charge in [0.15, 0.2) is 0 Å². The van der Waals surface area contributed by atoms with E-state index in [0.29, 0.717) is 18.0 Å². The Kier molecular flexibility index (Phi) is 5.83. The molecule has 1 aromatic carbocycles. The average molecular weight is 323 g/mol. The van der Waals surface area contributed by atoms with Gasteiger partial charge in [-0.3, -0.25) is 9.59 Å². The topological polar surface area (TPSA) is 58.2 Å². The van der Waals surface area contributed by atoms with Gasteiger partial charge in [-0.25, -0.2) is 0 Å². The molecule has 4 nitrogen and oxygen atoms in total. The molecule has 2 N–H and O–H groups in total. The normalized spacial score (nSPS) is 15.2. The lowest BCUT2D eigenvalue weighted by Crippen LogP contribution is -2.34. The van der Waals surface area contributed by atoms with E-state index in [9.17, 15) is 9.59 Å². The fourth-order valence-corrected chi connectivity index (χ4v) is 2.69. The van der Waals surface area contributed by atoms with Crippen molar-refractivity contribution in [1.82, 2.24) is 10.6 Å². The Labute approximate surface area is 136 Å². The van der Waals surface area contributed by atoms with Crippen LogP contribution in [-0.4, -0.2) is 18.4 Å². The molecule has 22 heavy (non-hydrogen) atoms. The number of hydrogen-bond donors (Lipinski definition) is 2. The third kappa shape index (κ3) is 5.02. The standard InChI is InChI=1S/C17H23ClN2O2/c1-13(21)19-12-4-2-3-5-16(22)20-17(10-11-17)14-6-8-15(18)9-7-14/h6-9H,2-5,10-12H2,1H3,(H,19,21)(H,20,22). The Balaban J connectivity index is 1.69. The van der Waals surface area contributed by atoms with Gasteiger partial charge in [-0.1, -0.05) is 30.2 Å². The highest BCUT2D eigenvalue weighted by molar-refractivity contribution is 6.30. The maximum Gasteiger partial charge on any atom is 0.220 e. The number of carbonyl (C=O) groups is 2. The lowest BCUT2D eigenvalue weighted by molar-refractivity contribution is -0.122. The first kappa shape index (κ1) is 16.8. The summed E-state index contributed by atoms with van der Waals surface area (Å²) >= 11 is 5.90. The summed E-state index contributed by atoms with van der Waals surface area (Å²) in [5, 5.41) is 6.63. The first-order valence-corrected chi connectivity index (χ1v) is 8.21. The highest BCUT2D eigenvalue weighted by atomic mass is 35.5. The van der Waals surface area contributed by atoms with Crippen molar-refractivity contribution >= 4 is 23.4 Å². The SMILES string of the molecule is CC(=O)NCCCCCC(=O)NC1(c2ccc(Cl)cc2)CC1. The van der Waals surface area contributed by atoms with Crippen LogP contribution >= 0.6 is 11.6 Å². The average Bonchev–Trinajstić information content (AvgIpc) is 3.23. The van der Waals surface area contributed by atoms with Gasteiger partial charge < -0.3 is 10.6 Å². The van der Waals surface area contributed by atoms with Crippen molar-refractivity contribution in [2.45, 2.75) is 51.0 Å². The van der Waals surface area contributed by atoms with Crippen LogP contribution in [0.3, 0.4) is 0 Å². The Morgan fingerprint density at radius 1 is 1.14 bits per heavy atom. The van der Waals surface area contributed by atoms with Crippen LogP contribution in [0.1, 0.15) is 51.0 Å². The van der Waals surface area contributed by atoms with Crippen molar-refractivity contribution in [3.05, 3.63) is 34.9 Å². The summed E-state index contributed by atoms with van der Waals surface area (Å²) in [5.74, 6) is 0.100. The van der Waals surface area contributed by atoms with E-state index < -0.39 is 0 Å². The third-order valence-electron chi connectivity index (χ3n) is 3.98. The lowest BCUT2D eigenvalue weighted by atomic mass is 10.0. The number of halogens is 1. The predicted octanol–water partition coefficient (Wildman–Crippen LogP) is 3.14. The summed E-state index contributed by atoms with van der Waals surface area (Å²) in [4.78, 5) is 22.8. The zero-order valence-electron chi connectivity index (χ0n) is 13.0. The zero-order chi connectivity index (χ0) is 16.0. The summed E-state index contributed by atoms with van der Waals surface area (Å²) in [6.07, 6.45) is 5.22. The first-order valence-electron chi connectivity index (χ1n) is 7.83. The molecule has 2 rings (SSSR count). The third-order valence-corrected chi connectivity index (χ3v) is 4.23. The Morgan fingerprint density at radius 2 is 1.82 bits per heavy atom. The minimum atomic E-state index is -0.169. The van der Waals surface area contributed by atoms with Crippen molar-refractivity contribution in [3.8, 4) is 0 Å². The molecule has 120 valence electrons. The van der Waals surface area contributed by atoms with Crippen LogP contribution in [0.5, 0.6) is 0 Å². The van der Waals surface area contributed by atoms with Crippen LogP contribution in [0.4, 0.5) is 0 Å². The highest BCUT2D eigenvalue weighted by Crippen LogP contribution is 2.45. The quantitative estimate of drug-likeness (QED) is 0.722. The smallest absolute Gasteiger partial charge is 0.220 e. The van der Waals surface area contributed by atoms with E-state index in [-0.39, 0.29) is 17.4 Å². The second-order valence-electron chi connectivity index (χ2n) is 5.93. The largest absolute Gasteiger partial charge is 0.356 e. The number of unbranched alkanes of at least 4 members (excludes halogenated alkanes) is 2. The summed E-state index contributed by atoms with van der Waals surface area (Å²) in [5.41, 5.74) is 0.966. The fourth-order valence-electron chi connectivity index (χ4n) is 2.56. The van der Waals surface area contributed by atoms with Crippen LogP contribution < -0.4 is 10.6 Å². The summed E-state index contributed by atoms with van der Waals surface area (Å²) in [6.45, 7) is 2.20. The second kappa shape index (κ2) is 7.63. The van der Waals surface area contributed by atoms with E-state index in [0.717, 1.165) is 37.7 Å². The van der Waals surface area contributed by atoms with Crippen molar-refractivity contribution in [3.63, 3.8) is 0 Å². The predicted molar refractivity (Wildman–Crippen MR) is 87.7 cm³/mol. The van der Waals surface area contributed by atoms with Gasteiger partial charge in [0.25, 0.3) is 0 Å². The summed E-state index contributed by atoms with van der Waals surface area (Å²) < 4.78 is 0. The van der Waals surface area contributed by atoms with Crippen LogP contribution in [0.2, 0.25) is 5.02 Å². The van der Waals surface area contributed by atoms with Gasteiger partial charge in [0, 0.05) is 24.9 Å². The molecule has 0 radical (unpaired) electrons. The maximum atomic E-state index is 12.1. The highest BCUT2D eigenvalue weighted by Gasteiger charge is 2.45. The van der Waals surface area contributed by atoms with E-state index in [1.807, 2.05) is 24.3 Å². The van der Waals surface area contributed by atoms with E-state index in [1.54, 1.807) is 0 Å². The molecule has 0 aromatic heterocycles. The zero-order valence-corrected chi connectivity index (χ0v) is 13.7. The number of carbonyl (C=O) groups excluding carboxylic acids is 2. The minimum Gasteiger partial charge on any atom is -0.356 e. The molecule has 1 saturated carbocycles. The van der Waals surface area contributed by atoms with Crippen molar-refractivity contribution < 1.29 is 9.59 Å². The Hall–Kier alpha value is -1.55. The molecule has 1 aliphatic rings. The number of nitrogens with one attached hydrogen (secondary N) is 2.